The fourth-order valence-electron chi connectivity index (χ4n) is 1.57. The smallest absolute Gasteiger partial charge is 0.340 e. The lowest BCUT2D eigenvalue weighted by Crippen LogP contribution is -2.04. The number of aromatic nitrogens is 2. The molecule has 5 heteroatoms. The molecule has 2 aromatic rings. The average Bonchev–Trinajstić information content (AvgIpc) is 2.38. The number of carbonyl (C=O) groups is 1. The van der Waals surface area contributed by atoms with Gasteiger partial charge in [-0.05, 0) is 17.7 Å². The fraction of sp³-hybridized carbons (Fsp3) is 0.0833. The Hall–Kier alpha value is -2.43. The van der Waals surface area contributed by atoms with Crippen LogP contribution in [-0.4, -0.2) is 28.2 Å². The normalized spacial score (nSPS) is 9.94. The molecule has 0 saturated carbocycles. The van der Waals surface area contributed by atoms with E-state index < -0.39 is 5.97 Å². The van der Waals surface area contributed by atoms with Crippen LogP contribution in [0.4, 0.5) is 0 Å². The molecule has 17 heavy (non-hydrogen) atoms. The van der Waals surface area contributed by atoms with Crippen LogP contribution in [0.3, 0.4) is 0 Å². The maximum Gasteiger partial charge on any atom is 0.340 e. The molecule has 2 rings (SSSR count). The van der Waals surface area contributed by atoms with Crippen LogP contribution < -0.4 is 4.74 Å². The number of aromatic carboxylic acids is 1. The Balaban J connectivity index is 2.66. The van der Waals surface area contributed by atoms with E-state index in [-0.39, 0.29) is 11.3 Å². The standard InChI is InChI=1S/C12H10N2O3/c1-17-10-7-14-6-9(11(10)12(15)16)8-2-4-13-5-3-8/h2-7H,1H3,(H,15,16). The third-order valence-corrected chi connectivity index (χ3v) is 2.34. The summed E-state index contributed by atoms with van der Waals surface area (Å²) >= 11 is 0. The highest BCUT2D eigenvalue weighted by molar-refractivity contribution is 5.98. The predicted molar refractivity (Wildman–Crippen MR) is 61.0 cm³/mol. The molecular formula is C12H10N2O3. The summed E-state index contributed by atoms with van der Waals surface area (Å²) in [5.74, 6) is -0.803. The molecule has 0 unspecified atom stereocenters. The number of carboxylic acid groups (broad SMARTS) is 1. The molecule has 0 bridgehead atoms. The van der Waals surface area contributed by atoms with Crippen molar-refractivity contribution in [3.05, 3.63) is 42.5 Å². The van der Waals surface area contributed by atoms with Gasteiger partial charge in [-0.3, -0.25) is 9.97 Å². The van der Waals surface area contributed by atoms with Gasteiger partial charge in [0.05, 0.1) is 13.3 Å². The average molecular weight is 230 g/mol. The number of hydrogen-bond donors (Lipinski definition) is 1. The SMILES string of the molecule is COc1cncc(-c2ccncc2)c1C(=O)O. The van der Waals surface area contributed by atoms with Crippen LogP contribution in [0.15, 0.2) is 36.9 Å². The summed E-state index contributed by atoms with van der Waals surface area (Å²) in [6, 6.07) is 3.45. The van der Waals surface area contributed by atoms with Crippen molar-refractivity contribution >= 4 is 5.97 Å². The summed E-state index contributed by atoms with van der Waals surface area (Å²) < 4.78 is 5.01. The number of nitrogens with zero attached hydrogens (tertiary/aromatic N) is 2. The number of hydrogen-bond acceptors (Lipinski definition) is 4. The van der Waals surface area contributed by atoms with E-state index in [0.29, 0.717) is 5.56 Å². The summed E-state index contributed by atoms with van der Waals surface area (Å²) in [4.78, 5) is 19.1. The number of methoxy groups -OCH3 is 1. The molecule has 0 amide bonds. The summed E-state index contributed by atoms with van der Waals surface area (Å²) in [6.45, 7) is 0. The second-order valence-electron chi connectivity index (χ2n) is 3.31. The zero-order valence-electron chi connectivity index (χ0n) is 9.12. The van der Waals surface area contributed by atoms with Gasteiger partial charge in [0.2, 0.25) is 0 Å². The van der Waals surface area contributed by atoms with E-state index in [9.17, 15) is 9.90 Å². The zero-order valence-corrected chi connectivity index (χ0v) is 9.12. The number of pyridine rings is 2. The van der Waals surface area contributed by atoms with Gasteiger partial charge in [-0.1, -0.05) is 0 Å². The molecule has 0 radical (unpaired) electrons. The van der Waals surface area contributed by atoms with Crippen molar-refractivity contribution in [3.8, 4) is 16.9 Å². The second-order valence-corrected chi connectivity index (χ2v) is 3.31. The minimum absolute atomic E-state index is 0.105. The third kappa shape index (κ3) is 2.08. The van der Waals surface area contributed by atoms with E-state index in [1.54, 1.807) is 24.5 Å². The lowest BCUT2D eigenvalue weighted by molar-refractivity contribution is 0.0694. The van der Waals surface area contributed by atoms with E-state index in [4.69, 9.17) is 4.74 Å². The zero-order chi connectivity index (χ0) is 12.3. The minimum atomic E-state index is -1.05. The van der Waals surface area contributed by atoms with E-state index in [1.165, 1.54) is 19.5 Å². The Bertz CT molecular complexity index is 541. The Morgan fingerprint density at radius 2 is 1.94 bits per heavy atom. The molecule has 0 aliphatic rings. The minimum Gasteiger partial charge on any atom is -0.494 e. The van der Waals surface area contributed by atoms with Crippen LogP contribution >= 0.6 is 0 Å². The molecule has 0 aromatic carbocycles. The van der Waals surface area contributed by atoms with Gasteiger partial charge in [0.25, 0.3) is 0 Å². The monoisotopic (exact) mass is 230 g/mol. The van der Waals surface area contributed by atoms with Crippen LogP contribution in [0.1, 0.15) is 10.4 Å². The maximum atomic E-state index is 11.3. The van der Waals surface area contributed by atoms with Gasteiger partial charge >= 0.3 is 5.97 Å². The molecule has 0 aliphatic carbocycles. The van der Waals surface area contributed by atoms with Gasteiger partial charge in [-0.2, -0.15) is 0 Å². The molecule has 0 atom stereocenters. The van der Waals surface area contributed by atoms with E-state index in [2.05, 4.69) is 9.97 Å². The van der Waals surface area contributed by atoms with Gasteiger partial charge in [0, 0.05) is 24.2 Å². The van der Waals surface area contributed by atoms with Gasteiger partial charge in [-0.25, -0.2) is 4.79 Å². The van der Waals surface area contributed by atoms with Gasteiger partial charge in [0.15, 0.2) is 5.75 Å². The predicted octanol–water partition coefficient (Wildman–Crippen LogP) is 1.85. The van der Waals surface area contributed by atoms with Crippen molar-refractivity contribution in [3.63, 3.8) is 0 Å². The summed E-state index contributed by atoms with van der Waals surface area (Å²) in [7, 11) is 1.42. The van der Waals surface area contributed by atoms with Gasteiger partial charge < -0.3 is 9.84 Å². The summed E-state index contributed by atoms with van der Waals surface area (Å²) in [5.41, 5.74) is 1.36. The molecule has 0 fully saturated rings. The molecule has 1 N–H and O–H groups in total. The topological polar surface area (TPSA) is 72.3 Å². The Morgan fingerprint density at radius 3 is 2.53 bits per heavy atom. The molecule has 86 valence electrons. The number of rotatable bonds is 3. The first kappa shape index (κ1) is 11.1. The highest BCUT2D eigenvalue weighted by Gasteiger charge is 2.17. The van der Waals surface area contributed by atoms with Crippen molar-refractivity contribution < 1.29 is 14.6 Å². The van der Waals surface area contributed by atoms with Crippen LogP contribution in [0.25, 0.3) is 11.1 Å². The van der Waals surface area contributed by atoms with E-state index >= 15 is 0 Å². The van der Waals surface area contributed by atoms with E-state index in [0.717, 1.165) is 5.56 Å². The largest absolute Gasteiger partial charge is 0.494 e. The van der Waals surface area contributed by atoms with Crippen LogP contribution in [0, 0.1) is 0 Å². The highest BCUT2D eigenvalue weighted by Crippen LogP contribution is 2.28. The Kier molecular flexibility index (Phi) is 3.00. The fourth-order valence-corrected chi connectivity index (χ4v) is 1.57. The van der Waals surface area contributed by atoms with Crippen molar-refractivity contribution in [1.29, 1.82) is 0 Å². The summed E-state index contributed by atoms with van der Waals surface area (Å²) in [6.07, 6.45) is 6.08. The lowest BCUT2D eigenvalue weighted by atomic mass is 10.0. The highest BCUT2D eigenvalue weighted by atomic mass is 16.5. The third-order valence-electron chi connectivity index (χ3n) is 2.34. The molecule has 0 spiro atoms. The number of carboxylic acids is 1. The number of ether oxygens (including phenoxy) is 1. The first-order valence-electron chi connectivity index (χ1n) is 4.89. The molecular weight excluding hydrogens is 220 g/mol. The molecule has 5 nitrogen and oxygen atoms in total. The quantitative estimate of drug-likeness (QED) is 0.871. The van der Waals surface area contributed by atoms with Crippen molar-refractivity contribution in [2.75, 3.05) is 7.11 Å². The van der Waals surface area contributed by atoms with Gasteiger partial charge in [-0.15, -0.1) is 0 Å². The van der Waals surface area contributed by atoms with Crippen molar-refractivity contribution in [2.45, 2.75) is 0 Å². The molecule has 2 aromatic heterocycles. The molecule has 2 heterocycles. The van der Waals surface area contributed by atoms with Gasteiger partial charge in [0.1, 0.15) is 5.56 Å². The van der Waals surface area contributed by atoms with Crippen molar-refractivity contribution in [2.24, 2.45) is 0 Å². The molecule has 0 saturated heterocycles. The lowest BCUT2D eigenvalue weighted by Gasteiger charge is -2.09. The first-order chi connectivity index (χ1) is 8.24. The van der Waals surface area contributed by atoms with Crippen LogP contribution in [0.5, 0.6) is 5.75 Å². The van der Waals surface area contributed by atoms with Crippen LogP contribution in [-0.2, 0) is 0 Å². The van der Waals surface area contributed by atoms with E-state index in [1.807, 2.05) is 0 Å². The second kappa shape index (κ2) is 4.61. The molecule has 0 aliphatic heterocycles. The Morgan fingerprint density at radius 1 is 1.24 bits per heavy atom. The first-order valence-corrected chi connectivity index (χ1v) is 4.89. The van der Waals surface area contributed by atoms with Crippen LogP contribution in [0.2, 0.25) is 0 Å². The summed E-state index contributed by atoms with van der Waals surface area (Å²) in [5, 5.41) is 9.22. The Labute approximate surface area is 97.7 Å². The van der Waals surface area contributed by atoms with Crippen molar-refractivity contribution in [1.82, 2.24) is 9.97 Å². The maximum absolute atomic E-state index is 11.3.